The van der Waals surface area contributed by atoms with E-state index in [1.165, 1.54) is 12.5 Å². The number of hydrogen-bond acceptors (Lipinski definition) is 2. The van der Waals surface area contributed by atoms with E-state index in [0.29, 0.717) is 12.0 Å². The van der Waals surface area contributed by atoms with Crippen LogP contribution < -0.4 is 5.73 Å². The summed E-state index contributed by atoms with van der Waals surface area (Å²) in [7, 11) is 0. The minimum Gasteiger partial charge on any atom is -0.329 e. The van der Waals surface area contributed by atoms with Crippen LogP contribution in [0.4, 0.5) is 4.39 Å². The lowest BCUT2D eigenvalue weighted by Gasteiger charge is -2.29. The lowest BCUT2D eigenvalue weighted by Crippen LogP contribution is -2.33. The van der Waals surface area contributed by atoms with Crippen LogP contribution in [0.15, 0.2) is 18.2 Å². The Bertz CT molecular complexity index is 429. The molecule has 0 radical (unpaired) electrons. The van der Waals surface area contributed by atoms with Gasteiger partial charge in [-0.3, -0.25) is 4.90 Å². The maximum absolute atomic E-state index is 13.4. The van der Waals surface area contributed by atoms with Crippen molar-refractivity contribution in [1.82, 2.24) is 4.90 Å². The Morgan fingerprint density at radius 2 is 2.17 bits per heavy atom. The van der Waals surface area contributed by atoms with Gasteiger partial charge in [0.05, 0.1) is 0 Å². The average molecular weight is 250 g/mol. The third-order valence-corrected chi connectivity index (χ3v) is 3.97. The van der Waals surface area contributed by atoms with Gasteiger partial charge in [0.1, 0.15) is 5.82 Å². The molecular weight excluding hydrogens is 227 g/mol. The topological polar surface area (TPSA) is 29.3 Å². The Hall–Kier alpha value is -0.930. The molecule has 1 atom stereocenters. The van der Waals surface area contributed by atoms with Gasteiger partial charge in [0.15, 0.2) is 0 Å². The summed E-state index contributed by atoms with van der Waals surface area (Å²) in [6, 6.07) is 5.13. The highest BCUT2D eigenvalue weighted by atomic mass is 19.1. The zero-order chi connectivity index (χ0) is 13.3. The van der Waals surface area contributed by atoms with Gasteiger partial charge >= 0.3 is 0 Å². The first-order chi connectivity index (χ1) is 8.43. The molecule has 18 heavy (non-hydrogen) atoms. The van der Waals surface area contributed by atoms with Gasteiger partial charge in [0, 0.05) is 19.1 Å². The number of rotatable bonds is 3. The van der Waals surface area contributed by atoms with E-state index >= 15 is 0 Å². The van der Waals surface area contributed by atoms with Crippen LogP contribution in [0.5, 0.6) is 0 Å². The number of likely N-dealkylation sites (tertiary alicyclic amines) is 1. The summed E-state index contributed by atoms with van der Waals surface area (Å²) >= 11 is 0. The molecular formula is C15H23FN2. The second kappa shape index (κ2) is 4.98. The number of hydrogen-bond donors (Lipinski definition) is 1. The summed E-state index contributed by atoms with van der Waals surface area (Å²) in [6.07, 6.45) is 1.18. The van der Waals surface area contributed by atoms with Crippen molar-refractivity contribution in [3.63, 3.8) is 0 Å². The van der Waals surface area contributed by atoms with Crippen LogP contribution in [0.2, 0.25) is 0 Å². The van der Waals surface area contributed by atoms with Crippen molar-refractivity contribution in [2.45, 2.75) is 33.2 Å². The van der Waals surface area contributed by atoms with Crippen molar-refractivity contribution in [2.75, 3.05) is 19.6 Å². The first-order valence-electron chi connectivity index (χ1n) is 6.63. The van der Waals surface area contributed by atoms with Crippen LogP contribution >= 0.6 is 0 Å². The second-order valence-corrected chi connectivity index (χ2v) is 6.14. The first-order valence-corrected chi connectivity index (χ1v) is 6.63. The lowest BCUT2D eigenvalue weighted by molar-refractivity contribution is 0.222. The Labute approximate surface area is 109 Å². The fraction of sp³-hybridized carbons (Fsp3) is 0.600. The highest BCUT2D eigenvalue weighted by molar-refractivity contribution is 5.30. The Morgan fingerprint density at radius 3 is 2.72 bits per heavy atom. The van der Waals surface area contributed by atoms with Gasteiger partial charge < -0.3 is 5.73 Å². The van der Waals surface area contributed by atoms with E-state index in [1.54, 1.807) is 6.07 Å². The number of halogens is 1. The van der Waals surface area contributed by atoms with Gasteiger partial charge in [-0.05, 0) is 48.6 Å². The van der Waals surface area contributed by atoms with E-state index in [0.717, 1.165) is 24.2 Å². The first kappa shape index (κ1) is 13.5. The largest absolute Gasteiger partial charge is 0.329 e. The summed E-state index contributed by atoms with van der Waals surface area (Å²) < 4.78 is 13.4. The summed E-state index contributed by atoms with van der Waals surface area (Å²) in [5.41, 5.74) is 8.43. The van der Waals surface area contributed by atoms with Gasteiger partial charge in [0.2, 0.25) is 0 Å². The Kier molecular flexibility index (Phi) is 3.74. The molecule has 0 amide bonds. The molecule has 100 valence electrons. The molecule has 1 heterocycles. The number of nitrogens with two attached hydrogens (primary N) is 1. The molecule has 0 bridgehead atoms. The third kappa shape index (κ3) is 2.73. The Morgan fingerprint density at radius 1 is 1.44 bits per heavy atom. The summed E-state index contributed by atoms with van der Waals surface area (Å²) in [5.74, 6) is -0.174. The molecule has 1 aliphatic rings. The number of aryl methyl sites for hydroxylation is 1. The van der Waals surface area contributed by atoms with E-state index < -0.39 is 0 Å². The SMILES string of the molecule is Cc1ccc(F)cc1C(CN)N1CCC(C)(C)C1. The molecule has 1 aromatic rings. The lowest BCUT2D eigenvalue weighted by atomic mass is 9.93. The predicted octanol–water partition coefficient (Wildman–Crippen LogP) is 2.87. The summed E-state index contributed by atoms with van der Waals surface area (Å²) in [5, 5.41) is 0. The molecule has 2 rings (SSSR count). The molecule has 0 aliphatic carbocycles. The molecule has 0 aromatic heterocycles. The standard InChI is InChI=1S/C15H23FN2/c1-11-4-5-12(16)8-13(11)14(9-17)18-7-6-15(2,3)10-18/h4-5,8,14H,6-7,9-10,17H2,1-3H3. The van der Waals surface area contributed by atoms with Crippen molar-refractivity contribution in [3.05, 3.63) is 35.1 Å². The van der Waals surface area contributed by atoms with Gasteiger partial charge in [0.25, 0.3) is 0 Å². The predicted molar refractivity (Wildman–Crippen MR) is 72.9 cm³/mol. The molecule has 1 unspecified atom stereocenters. The maximum Gasteiger partial charge on any atom is 0.123 e. The number of nitrogens with zero attached hydrogens (tertiary/aromatic N) is 1. The molecule has 3 heteroatoms. The van der Waals surface area contributed by atoms with E-state index in [-0.39, 0.29) is 11.9 Å². The van der Waals surface area contributed by atoms with E-state index in [1.807, 2.05) is 13.0 Å². The highest BCUT2D eigenvalue weighted by Crippen LogP contribution is 2.35. The normalized spacial score (nSPS) is 21.2. The van der Waals surface area contributed by atoms with Crippen LogP contribution in [0.3, 0.4) is 0 Å². The van der Waals surface area contributed by atoms with E-state index in [9.17, 15) is 4.39 Å². The third-order valence-electron chi connectivity index (χ3n) is 3.97. The summed E-state index contributed by atoms with van der Waals surface area (Å²) in [4.78, 5) is 2.39. The van der Waals surface area contributed by atoms with Gasteiger partial charge in [-0.25, -0.2) is 4.39 Å². The minimum atomic E-state index is -0.174. The molecule has 2 nitrogen and oxygen atoms in total. The molecule has 1 saturated heterocycles. The van der Waals surface area contributed by atoms with Crippen molar-refractivity contribution >= 4 is 0 Å². The van der Waals surface area contributed by atoms with Crippen molar-refractivity contribution in [3.8, 4) is 0 Å². The zero-order valence-corrected chi connectivity index (χ0v) is 11.5. The highest BCUT2D eigenvalue weighted by Gasteiger charge is 2.33. The molecule has 1 aromatic carbocycles. The van der Waals surface area contributed by atoms with Crippen molar-refractivity contribution in [1.29, 1.82) is 0 Å². The van der Waals surface area contributed by atoms with Crippen molar-refractivity contribution in [2.24, 2.45) is 11.1 Å². The fourth-order valence-electron chi connectivity index (χ4n) is 2.86. The molecule has 0 saturated carbocycles. The summed E-state index contributed by atoms with van der Waals surface area (Å²) in [6.45, 7) is 9.20. The molecule has 1 fully saturated rings. The van der Waals surface area contributed by atoms with Crippen LogP contribution in [0.25, 0.3) is 0 Å². The van der Waals surface area contributed by atoms with Crippen molar-refractivity contribution < 1.29 is 4.39 Å². The average Bonchev–Trinajstić information content (AvgIpc) is 2.65. The Balaban J connectivity index is 2.26. The molecule has 0 spiro atoms. The van der Waals surface area contributed by atoms with Gasteiger partial charge in [-0.15, -0.1) is 0 Å². The zero-order valence-electron chi connectivity index (χ0n) is 11.5. The smallest absolute Gasteiger partial charge is 0.123 e. The van der Waals surface area contributed by atoms with Crippen LogP contribution in [-0.4, -0.2) is 24.5 Å². The number of benzene rings is 1. The van der Waals surface area contributed by atoms with Gasteiger partial charge in [-0.1, -0.05) is 19.9 Å². The van der Waals surface area contributed by atoms with Crippen LogP contribution in [-0.2, 0) is 0 Å². The molecule has 2 N–H and O–H groups in total. The van der Waals surface area contributed by atoms with E-state index in [4.69, 9.17) is 5.73 Å². The minimum absolute atomic E-state index is 0.141. The van der Waals surface area contributed by atoms with Crippen LogP contribution in [0.1, 0.15) is 37.4 Å². The van der Waals surface area contributed by atoms with E-state index in [2.05, 4.69) is 18.7 Å². The second-order valence-electron chi connectivity index (χ2n) is 6.14. The quantitative estimate of drug-likeness (QED) is 0.893. The van der Waals surface area contributed by atoms with Gasteiger partial charge in [-0.2, -0.15) is 0 Å². The van der Waals surface area contributed by atoms with Crippen LogP contribution in [0, 0.1) is 18.2 Å². The monoisotopic (exact) mass is 250 g/mol. The fourth-order valence-corrected chi connectivity index (χ4v) is 2.86. The molecule has 1 aliphatic heterocycles. The maximum atomic E-state index is 13.4.